The molecule has 0 aliphatic carbocycles. The zero-order chi connectivity index (χ0) is 58.5. The molecule has 0 N–H and O–H groups in total. The third-order valence-corrected chi connectivity index (χ3v) is 13.8. The van der Waals surface area contributed by atoms with Gasteiger partial charge in [-0.05, 0) is 122 Å². The summed E-state index contributed by atoms with van der Waals surface area (Å²) >= 11 is 0. The minimum atomic E-state index is -0.796. The lowest BCUT2D eigenvalue weighted by Gasteiger charge is -2.18. The highest BCUT2D eigenvalue weighted by atomic mass is 16.6. The molecule has 1 atom stereocenters. The van der Waals surface area contributed by atoms with Crippen LogP contribution in [0, 0.1) is 0 Å². The molecule has 0 saturated heterocycles. The zero-order valence-corrected chi connectivity index (χ0v) is 52.5. The molecule has 0 bridgehead atoms. The third kappa shape index (κ3) is 66.0. The van der Waals surface area contributed by atoms with Crippen molar-refractivity contribution < 1.29 is 28.6 Å². The molecule has 458 valence electrons. The quantitative estimate of drug-likeness (QED) is 0.0261. The van der Waals surface area contributed by atoms with E-state index in [0.29, 0.717) is 19.3 Å². The number of hydrogen-bond acceptors (Lipinski definition) is 6. The van der Waals surface area contributed by atoms with Gasteiger partial charge in [-0.25, -0.2) is 0 Å². The van der Waals surface area contributed by atoms with Gasteiger partial charge in [0, 0.05) is 19.3 Å². The van der Waals surface area contributed by atoms with Crippen molar-refractivity contribution in [3.63, 3.8) is 0 Å². The first-order valence-corrected chi connectivity index (χ1v) is 33.3. The first kappa shape index (κ1) is 76.3. The van der Waals surface area contributed by atoms with Gasteiger partial charge in [0.2, 0.25) is 0 Å². The number of ether oxygens (including phenoxy) is 3. The van der Waals surface area contributed by atoms with Crippen LogP contribution < -0.4 is 0 Å². The molecule has 0 aliphatic rings. The number of esters is 3. The summed E-state index contributed by atoms with van der Waals surface area (Å²) in [6.07, 6.45) is 97.1. The number of rotatable bonds is 59. The first-order chi connectivity index (χ1) is 40.0. The topological polar surface area (TPSA) is 78.9 Å². The molecule has 6 nitrogen and oxygen atoms in total. The normalized spacial score (nSPS) is 13.1. The van der Waals surface area contributed by atoms with Crippen molar-refractivity contribution in [1.82, 2.24) is 0 Å². The van der Waals surface area contributed by atoms with Crippen LogP contribution in [0.25, 0.3) is 0 Å². The van der Waals surface area contributed by atoms with Gasteiger partial charge >= 0.3 is 17.9 Å². The fourth-order valence-electron chi connectivity index (χ4n) is 8.92. The molecule has 0 heterocycles. The molecular formula is C75H122O6. The van der Waals surface area contributed by atoms with E-state index < -0.39 is 6.10 Å². The Morgan fingerprint density at radius 2 is 0.481 bits per heavy atom. The van der Waals surface area contributed by atoms with E-state index in [1.165, 1.54) is 89.9 Å². The number of carbonyl (C=O) groups excluding carboxylic acids is 3. The average molecular weight is 1120 g/mol. The van der Waals surface area contributed by atoms with Crippen LogP contribution in [0.15, 0.2) is 146 Å². The van der Waals surface area contributed by atoms with Crippen LogP contribution in [-0.4, -0.2) is 37.2 Å². The Hall–Kier alpha value is -4.71. The van der Waals surface area contributed by atoms with Gasteiger partial charge < -0.3 is 14.2 Å². The molecule has 0 spiro atoms. The van der Waals surface area contributed by atoms with Crippen molar-refractivity contribution in [1.29, 1.82) is 0 Å². The fourth-order valence-corrected chi connectivity index (χ4v) is 8.92. The van der Waals surface area contributed by atoms with Gasteiger partial charge in [0.15, 0.2) is 6.10 Å². The zero-order valence-electron chi connectivity index (χ0n) is 52.5. The van der Waals surface area contributed by atoms with Gasteiger partial charge in [0.05, 0.1) is 0 Å². The van der Waals surface area contributed by atoms with Crippen molar-refractivity contribution in [3.8, 4) is 0 Å². The van der Waals surface area contributed by atoms with Gasteiger partial charge in [-0.15, -0.1) is 0 Å². The van der Waals surface area contributed by atoms with E-state index in [-0.39, 0.29) is 31.1 Å². The van der Waals surface area contributed by atoms with Crippen LogP contribution in [-0.2, 0) is 28.6 Å². The summed E-state index contributed by atoms with van der Waals surface area (Å²) in [6, 6.07) is 0. The standard InChI is InChI=1S/C75H122O6/c1-4-7-10-13-16-19-22-24-26-28-30-32-33-34-35-36-37-38-39-40-41-43-44-46-48-50-53-56-59-62-65-68-74(77)80-71-72(70-79-73(76)67-64-61-58-55-52-21-18-15-12-9-6-3)81-75(78)69-66-63-60-57-54-51-49-47-45-42-31-29-27-25-23-20-17-14-11-8-5-2/h7-8,10-11,16-17,19-20,24-27,30-32,34-35,37-38,40-42,47,49,72H,4-6,9,12-15,18,21-23,28-29,33,36,39,43-46,48,50-71H2,1-3H3/b10-7-,11-8-,19-16-,20-17-,26-24-,27-25-,32-30-,35-34-,38-37-,41-40-,42-31-,49-47-. The highest BCUT2D eigenvalue weighted by Gasteiger charge is 2.19. The second-order valence-corrected chi connectivity index (χ2v) is 21.6. The van der Waals surface area contributed by atoms with E-state index in [0.717, 1.165) is 161 Å². The summed E-state index contributed by atoms with van der Waals surface area (Å²) < 4.78 is 16.9. The Labute approximate surface area is 499 Å². The smallest absolute Gasteiger partial charge is 0.306 e. The second kappa shape index (κ2) is 67.8. The van der Waals surface area contributed by atoms with Crippen molar-refractivity contribution in [3.05, 3.63) is 146 Å². The predicted octanol–water partition coefficient (Wildman–Crippen LogP) is 23.1. The van der Waals surface area contributed by atoms with Crippen molar-refractivity contribution in [2.75, 3.05) is 13.2 Å². The Kier molecular flexibility index (Phi) is 63.9. The van der Waals surface area contributed by atoms with Crippen LogP contribution in [0.2, 0.25) is 0 Å². The summed E-state index contributed by atoms with van der Waals surface area (Å²) in [5, 5.41) is 0. The molecular weight excluding hydrogens is 997 g/mol. The van der Waals surface area contributed by atoms with Crippen molar-refractivity contribution >= 4 is 17.9 Å². The van der Waals surface area contributed by atoms with E-state index in [9.17, 15) is 14.4 Å². The van der Waals surface area contributed by atoms with Crippen LogP contribution >= 0.6 is 0 Å². The van der Waals surface area contributed by atoms with Gasteiger partial charge in [-0.2, -0.15) is 0 Å². The highest BCUT2D eigenvalue weighted by Crippen LogP contribution is 2.15. The minimum absolute atomic E-state index is 0.0898. The highest BCUT2D eigenvalue weighted by molar-refractivity contribution is 5.71. The number of carbonyl (C=O) groups is 3. The van der Waals surface area contributed by atoms with Gasteiger partial charge in [0.1, 0.15) is 13.2 Å². The molecule has 0 aromatic rings. The molecule has 0 fully saturated rings. The number of unbranched alkanes of at least 4 members (excludes halogenated alkanes) is 24. The van der Waals surface area contributed by atoms with E-state index >= 15 is 0 Å². The molecule has 0 aliphatic heterocycles. The summed E-state index contributed by atoms with van der Waals surface area (Å²) in [4.78, 5) is 38.3. The minimum Gasteiger partial charge on any atom is -0.462 e. The fraction of sp³-hybridized carbons (Fsp3) is 0.640. The molecule has 6 heteroatoms. The molecule has 0 saturated carbocycles. The van der Waals surface area contributed by atoms with Gasteiger partial charge in [-0.3, -0.25) is 14.4 Å². The lowest BCUT2D eigenvalue weighted by atomic mass is 10.1. The summed E-state index contributed by atoms with van der Waals surface area (Å²) in [7, 11) is 0. The molecule has 0 aromatic carbocycles. The van der Waals surface area contributed by atoms with Gasteiger partial charge in [-0.1, -0.05) is 295 Å². The average Bonchev–Trinajstić information content (AvgIpc) is 3.47. The monoisotopic (exact) mass is 1120 g/mol. The summed E-state index contributed by atoms with van der Waals surface area (Å²) in [5.74, 6) is -0.913. The van der Waals surface area contributed by atoms with Gasteiger partial charge in [0.25, 0.3) is 0 Å². The summed E-state index contributed by atoms with van der Waals surface area (Å²) in [5.41, 5.74) is 0. The molecule has 0 radical (unpaired) electrons. The van der Waals surface area contributed by atoms with Crippen molar-refractivity contribution in [2.24, 2.45) is 0 Å². The molecule has 81 heavy (non-hydrogen) atoms. The van der Waals surface area contributed by atoms with Crippen LogP contribution in [0.5, 0.6) is 0 Å². The molecule has 0 amide bonds. The molecule has 0 aromatic heterocycles. The second-order valence-electron chi connectivity index (χ2n) is 21.6. The molecule has 0 rings (SSSR count). The first-order valence-electron chi connectivity index (χ1n) is 33.3. The van der Waals surface area contributed by atoms with Crippen LogP contribution in [0.4, 0.5) is 0 Å². The largest absolute Gasteiger partial charge is 0.462 e. The van der Waals surface area contributed by atoms with Crippen LogP contribution in [0.3, 0.4) is 0 Å². The van der Waals surface area contributed by atoms with E-state index in [1.54, 1.807) is 0 Å². The van der Waals surface area contributed by atoms with Crippen molar-refractivity contribution in [2.45, 2.75) is 297 Å². The lowest BCUT2D eigenvalue weighted by molar-refractivity contribution is -0.167. The van der Waals surface area contributed by atoms with Crippen LogP contribution in [0.1, 0.15) is 290 Å². The van der Waals surface area contributed by atoms with E-state index in [4.69, 9.17) is 14.2 Å². The third-order valence-electron chi connectivity index (χ3n) is 13.8. The Morgan fingerprint density at radius 1 is 0.259 bits per heavy atom. The van der Waals surface area contributed by atoms with E-state index in [2.05, 4.69) is 167 Å². The Morgan fingerprint density at radius 3 is 0.753 bits per heavy atom. The predicted molar refractivity (Wildman–Crippen MR) is 352 cm³/mol. The Bertz CT molecular complexity index is 1760. The maximum absolute atomic E-state index is 12.9. The SMILES string of the molecule is CC/C=C\C/C=C\C/C=C\C/C=C\C/C=C\C/C=C\C/C=C\CCCCCCCCCCCC(=O)OCC(COC(=O)CCCCCCCCCCCCC)OC(=O)CCCCCCC/C=C\C/C=C\C/C=C\C/C=C\C/C=C\CC. The molecule has 1 unspecified atom stereocenters. The summed E-state index contributed by atoms with van der Waals surface area (Å²) in [6.45, 7) is 6.39. The number of hydrogen-bond donors (Lipinski definition) is 0. The maximum Gasteiger partial charge on any atom is 0.306 e. The Balaban J connectivity index is 4.31. The lowest BCUT2D eigenvalue weighted by Crippen LogP contribution is -2.30. The maximum atomic E-state index is 12.9. The number of allylic oxidation sites excluding steroid dienone is 24. The van der Waals surface area contributed by atoms with E-state index in [1.807, 2.05) is 0 Å².